The number of amides is 1. The maximum absolute atomic E-state index is 12.8. The molecule has 5 N–H and O–H groups in total. The molecule has 0 aliphatic heterocycles. The van der Waals surface area contributed by atoms with Crippen LogP contribution in [-0.4, -0.2) is 92.4 Å². The highest BCUT2D eigenvalue weighted by molar-refractivity contribution is 7.92. The number of nitrogens with zero attached hydrogens (tertiary/aromatic N) is 2. The maximum Gasteiger partial charge on any atom is 0.490 e. The fraction of sp³-hybridized carbons (Fsp3) is 0.357. The van der Waals surface area contributed by atoms with Crippen molar-refractivity contribution >= 4 is 44.5 Å². The van der Waals surface area contributed by atoms with Gasteiger partial charge in [-0.3, -0.25) is 9.52 Å². The van der Waals surface area contributed by atoms with Gasteiger partial charge < -0.3 is 25.7 Å². The second kappa shape index (κ2) is 18.3. The van der Waals surface area contributed by atoms with E-state index in [9.17, 15) is 52.7 Å². The lowest BCUT2D eigenvalue weighted by atomic mass is 10.2. The zero-order chi connectivity index (χ0) is 38.5. The molecule has 3 rings (SSSR count). The minimum Gasteiger partial charge on any atom is -0.475 e. The number of carboxylic acid groups (broad SMARTS) is 2. The molecule has 0 saturated carbocycles. The number of fused-ring (bicyclic) bond motifs is 1. The van der Waals surface area contributed by atoms with Crippen molar-refractivity contribution in [3.05, 3.63) is 65.9 Å². The first-order chi connectivity index (χ1) is 22.8. The normalized spacial score (nSPS) is 11.9. The van der Waals surface area contributed by atoms with Crippen LogP contribution in [0.2, 0.25) is 0 Å². The Hall–Kier alpha value is -4.70. The van der Waals surface area contributed by atoms with Crippen LogP contribution in [0.3, 0.4) is 0 Å². The van der Waals surface area contributed by atoms with E-state index in [0.717, 1.165) is 37.2 Å². The van der Waals surface area contributed by atoms with Crippen molar-refractivity contribution in [3.63, 3.8) is 0 Å². The van der Waals surface area contributed by atoms with Crippen LogP contribution in [0, 0.1) is 0 Å². The third kappa shape index (κ3) is 15.7. The number of aliphatic carboxylic acids is 2. The Kier molecular flexibility index (Phi) is 15.9. The molecule has 278 valence electrons. The summed E-state index contributed by atoms with van der Waals surface area (Å²) in [7, 11) is -0.227. The minimum absolute atomic E-state index is 0.101. The SMILES string of the molecule is CN(C)CCCNC(=O)CNCc1ccc2cccc(NS(=O)(=O)c3ccc(C(F)(F)F)cc3)c2n1.O=C(O)C(F)(F)F.O=C(O)C(F)(F)F. The topological polar surface area (TPSA) is 178 Å². The molecule has 0 aliphatic carbocycles. The second-order valence-corrected chi connectivity index (χ2v) is 11.7. The number of hydrogen-bond donors (Lipinski definition) is 5. The van der Waals surface area contributed by atoms with Gasteiger partial charge in [-0.25, -0.2) is 23.0 Å². The number of carbonyl (C=O) groups excluding carboxylic acids is 1. The third-order valence-electron chi connectivity index (χ3n) is 5.70. The van der Waals surface area contributed by atoms with E-state index in [1.165, 1.54) is 6.07 Å². The summed E-state index contributed by atoms with van der Waals surface area (Å²) in [4.78, 5) is 36.0. The molecule has 0 saturated heterocycles. The van der Waals surface area contributed by atoms with E-state index in [1.807, 2.05) is 19.0 Å². The van der Waals surface area contributed by atoms with Gasteiger partial charge in [-0.1, -0.05) is 18.2 Å². The number of halogens is 9. The Morgan fingerprint density at radius 3 is 1.84 bits per heavy atom. The van der Waals surface area contributed by atoms with Gasteiger partial charge in [0.1, 0.15) is 0 Å². The number of pyridine rings is 1. The number of nitrogens with one attached hydrogen (secondary N) is 3. The fourth-order valence-electron chi connectivity index (χ4n) is 3.38. The number of anilines is 1. The Bertz CT molecular complexity index is 1680. The Labute approximate surface area is 278 Å². The van der Waals surface area contributed by atoms with E-state index in [2.05, 4.69) is 20.3 Å². The fourth-order valence-corrected chi connectivity index (χ4v) is 4.45. The minimum atomic E-state index is -5.08. The highest BCUT2D eigenvalue weighted by Gasteiger charge is 2.39. The maximum atomic E-state index is 12.8. The molecule has 0 fully saturated rings. The zero-order valence-electron chi connectivity index (χ0n) is 25.9. The van der Waals surface area contributed by atoms with Crippen molar-refractivity contribution in [2.24, 2.45) is 0 Å². The molecule has 0 unspecified atom stereocenters. The van der Waals surface area contributed by atoms with Gasteiger partial charge in [-0.05, 0) is 63.5 Å². The molecule has 12 nitrogen and oxygen atoms in total. The summed E-state index contributed by atoms with van der Waals surface area (Å²) in [5, 5.41) is 20.8. The zero-order valence-corrected chi connectivity index (χ0v) is 26.7. The van der Waals surface area contributed by atoms with Crippen LogP contribution >= 0.6 is 0 Å². The average molecular weight is 752 g/mol. The number of alkyl halides is 9. The van der Waals surface area contributed by atoms with E-state index in [-0.39, 0.29) is 29.6 Å². The van der Waals surface area contributed by atoms with Gasteiger partial charge in [-0.2, -0.15) is 39.5 Å². The number of para-hydroxylation sites is 1. The van der Waals surface area contributed by atoms with Crippen molar-refractivity contribution in [3.8, 4) is 0 Å². The molecule has 0 radical (unpaired) electrons. The van der Waals surface area contributed by atoms with E-state index >= 15 is 0 Å². The molecule has 50 heavy (non-hydrogen) atoms. The molecule has 1 aromatic heterocycles. The first-order valence-corrected chi connectivity index (χ1v) is 15.1. The van der Waals surface area contributed by atoms with Crippen LogP contribution < -0.4 is 15.4 Å². The Balaban J connectivity index is 0.000000748. The summed E-state index contributed by atoms with van der Waals surface area (Å²) >= 11 is 0. The summed E-state index contributed by atoms with van der Waals surface area (Å²) in [6.07, 6.45) is -13.9. The van der Waals surface area contributed by atoms with E-state index in [0.29, 0.717) is 23.1 Å². The molecular formula is C28H30F9N5O7S. The van der Waals surface area contributed by atoms with Crippen LogP contribution in [0.4, 0.5) is 45.2 Å². The molecule has 22 heteroatoms. The first kappa shape index (κ1) is 43.3. The van der Waals surface area contributed by atoms with Gasteiger partial charge in [0.25, 0.3) is 10.0 Å². The number of aromatic nitrogens is 1. The monoisotopic (exact) mass is 751 g/mol. The number of benzene rings is 2. The molecule has 2 aromatic carbocycles. The molecule has 3 aromatic rings. The molecule has 0 aliphatic rings. The summed E-state index contributed by atoms with van der Waals surface area (Å²) in [6.45, 7) is 1.83. The van der Waals surface area contributed by atoms with E-state index < -0.39 is 46.1 Å². The number of hydrogen-bond acceptors (Lipinski definition) is 8. The standard InChI is InChI=1S/C24H28F3N5O3S.2C2HF3O2/c1-32(2)14-4-13-29-22(33)16-28-15-19-10-7-17-5-3-6-21(23(17)30-19)31-36(34,35)20-11-8-18(9-12-20)24(25,26)27;2*3-2(4,5)1(6)7/h3,5-12,28,31H,4,13-16H2,1-2H3,(H,29,33);2*(H,6,7). The predicted molar refractivity (Wildman–Crippen MR) is 159 cm³/mol. The van der Waals surface area contributed by atoms with Crippen LogP contribution in [0.25, 0.3) is 10.9 Å². The number of sulfonamides is 1. The largest absolute Gasteiger partial charge is 0.490 e. The van der Waals surface area contributed by atoms with Crippen molar-refractivity contribution < 1.29 is 72.5 Å². The molecule has 1 amide bonds. The Morgan fingerprint density at radius 2 is 1.36 bits per heavy atom. The van der Waals surface area contributed by atoms with Crippen LogP contribution in [-0.2, 0) is 37.1 Å². The molecular weight excluding hydrogens is 721 g/mol. The van der Waals surface area contributed by atoms with Gasteiger partial charge in [0.15, 0.2) is 0 Å². The summed E-state index contributed by atoms with van der Waals surface area (Å²) < 4.78 is 130. The molecule has 0 atom stereocenters. The lowest BCUT2D eigenvalue weighted by molar-refractivity contribution is -0.193. The smallest absolute Gasteiger partial charge is 0.475 e. The quantitative estimate of drug-likeness (QED) is 0.139. The number of carbonyl (C=O) groups is 3. The average Bonchev–Trinajstić information content (AvgIpc) is 2.99. The Morgan fingerprint density at radius 1 is 0.820 bits per heavy atom. The number of rotatable bonds is 11. The first-order valence-electron chi connectivity index (χ1n) is 13.7. The van der Waals surface area contributed by atoms with Crippen molar-refractivity contribution in [2.75, 3.05) is 38.5 Å². The van der Waals surface area contributed by atoms with Crippen LogP contribution in [0.5, 0.6) is 0 Å². The lowest BCUT2D eigenvalue weighted by Gasteiger charge is -2.13. The van der Waals surface area contributed by atoms with Crippen molar-refractivity contribution in [1.82, 2.24) is 20.5 Å². The van der Waals surface area contributed by atoms with Gasteiger partial charge >= 0.3 is 30.5 Å². The highest BCUT2D eigenvalue weighted by Crippen LogP contribution is 2.30. The summed E-state index contributed by atoms with van der Waals surface area (Å²) in [5.41, 5.74) is 0.213. The summed E-state index contributed by atoms with van der Waals surface area (Å²) in [5.74, 6) is -5.65. The van der Waals surface area contributed by atoms with E-state index in [1.54, 1.807) is 24.3 Å². The predicted octanol–water partition coefficient (Wildman–Crippen LogP) is 4.48. The van der Waals surface area contributed by atoms with Crippen LogP contribution in [0.1, 0.15) is 17.7 Å². The molecule has 0 bridgehead atoms. The number of carboxylic acids is 2. The third-order valence-corrected chi connectivity index (χ3v) is 7.08. The highest BCUT2D eigenvalue weighted by atomic mass is 32.2. The second-order valence-electron chi connectivity index (χ2n) is 10.0. The summed E-state index contributed by atoms with van der Waals surface area (Å²) in [6, 6.07) is 11.7. The van der Waals surface area contributed by atoms with E-state index in [4.69, 9.17) is 19.8 Å². The van der Waals surface area contributed by atoms with Gasteiger partial charge in [0, 0.05) is 18.5 Å². The van der Waals surface area contributed by atoms with Gasteiger partial charge in [-0.15, -0.1) is 0 Å². The lowest BCUT2D eigenvalue weighted by Crippen LogP contribution is -2.35. The van der Waals surface area contributed by atoms with Crippen molar-refractivity contribution in [2.45, 2.75) is 36.4 Å². The van der Waals surface area contributed by atoms with Gasteiger partial charge in [0.2, 0.25) is 5.91 Å². The van der Waals surface area contributed by atoms with Crippen molar-refractivity contribution in [1.29, 1.82) is 0 Å². The molecule has 1 heterocycles. The van der Waals surface area contributed by atoms with Crippen LogP contribution in [0.15, 0.2) is 59.5 Å². The van der Waals surface area contributed by atoms with Gasteiger partial charge in [0.05, 0.1) is 33.9 Å². The molecule has 0 spiro atoms.